The number of anilines is 1. The second-order valence-corrected chi connectivity index (χ2v) is 7.43. The molecule has 3 aromatic rings. The summed E-state index contributed by atoms with van der Waals surface area (Å²) in [6.45, 7) is 0.731. The summed E-state index contributed by atoms with van der Waals surface area (Å²) < 4.78 is 6.44. The zero-order valence-electron chi connectivity index (χ0n) is 15.6. The van der Waals surface area contributed by atoms with Crippen molar-refractivity contribution in [3.8, 4) is 0 Å². The van der Waals surface area contributed by atoms with Crippen molar-refractivity contribution >= 4 is 51.9 Å². The highest BCUT2D eigenvalue weighted by atomic mass is 35.5. The Bertz CT molecular complexity index is 1200. The van der Waals surface area contributed by atoms with Gasteiger partial charge in [0.1, 0.15) is 11.2 Å². The van der Waals surface area contributed by atoms with Crippen LogP contribution in [-0.2, 0) is 4.74 Å². The van der Waals surface area contributed by atoms with Crippen molar-refractivity contribution in [1.82, 2.24) is 19.4 Å². The molecular formula is C19H15Cl2N5O4. The van der Waals surface area contributed by atoms with Crippen LogP contribution in [0.3, 0.4) is 0 Å². The van der Waals surface area contributed by atoms with Gasteiger partial charge < -0.3 is 19.5 Å². The predicted molar refractivity (Wildman–Crippen MR) is 111 cm³/mol. The highest BCUT2D eigenvalue weighted by Gasteiger charge is 2.34. The molecule has 0 atom stereocenters. The summed E-state index contributed by atoms with van der Waals surface area (Å²) in [5.41, 5.74) is 0.0119. The van der Waals surface area contributed by atoms with Crippen LogP contribution < -0.4 is 10.7 Å². The number of ether oxygens (including phenoxy) is 1. The third-order valence-electron chi connectivity index (χ3n) is 4.81. The highest BCUT2D eigenvalue weighted by molar-refractivity contribution is 6.39. The Morgan fingerprint density at radius 2 is 1.93 bits per heavy atom. The molecule has 4 heterocycles. The average Bonchev–Trinajstić information content (AvgIpc) is 2.71. The molecule has 0 saturated carbocycles. The minimum atomic E-state index is -0.668. The van der Waals surface area contributed by atoms with E-state index in [1.54, 1.807) is 22.9 Å². The molecule has 0 aliphatic carbocycles. The molecule has 30 heavy (non-hydrogen) atoms. The number of likely N-dealkylation sites (tertiary alicyclic amines) is 1. The van der Waals surface area contributed by atoms with Gasteiger partial charge in [-0.3, -0.25) is 14.6 Å². The third-order valence-corrected chi connectivity index (χ3v) is 5.39. The number of nitrogens with one attached hydrogen (secondary N) is 1. The lowest BCUT2D eigenvalue weighted by Crippen LogP contribution is -2.51. The lowest BCUT2D eigenvalue weighted by atomic mass is 10.1. The van der Waals surface area contributed by atoms with Gasteiger partial charge >= 0.3 is 6.09 Å². The van der Waals surface area contributed by atoms with Crippen molar-refractivity contribution in [3.63, 3.8) is 0 Å². The fourth-order valence-electron chi connectivity index (χ4n) is 3.25. The Morgan fingerprint density at radius 1 is 1.23 bits per heavy atom. The van der Waals surface area contributed by atoms with E-state index >= 15 is 0 Å². The number of aromatic nitrogens is 3. The largest absolute Gasteiger partial charge is 0.453 e. The SMILES string of the molecule is COC(=O)N1CC(n2cc(C(=O)Nc3c(Cl)cncc3Cl)c(=O)c3cccnc32)C1. The van der Waals surface area contributed by atoms with Crippen molar-refractivity contribution in [1.29, 1.82) is 0 Å². The lowest BCUT2D eigenvalue weighted by molar-refractivity contribution is 0.0719. The molecule has 0 radical (unpaired) electrons. The maximum Gasteiger partial charge on any atom is 0.409 e. The number of rotatable bonds is 3. The molecule has 4 rings (SSSR count). The number of hydrogen-bond donors (Lipinski definition) is 1. The molecule has 11 heteroatoms. The van der Waals surface area contributed by atoms with Gasteiger partial charge in [-0.15, -0.1) is 0 Å². The van der Waals surface area contributed by atoms with Gasteiger partial charge in [-0.05, 0) is 12.1 Å². The molecule has 1 aliphatic rings. The van der Waals surface area contributed by atoms with Crippen LogP contribution in [0.1, 0.15) is 16.4 Å². The first-order chi connectivity index (χ1) is 14.4. The van der Waals surface area contributed by atoms with Crippen LogP contribution in [0, 0.1) is 0 Å². The standard InChI is InChI=1S/C19H15Cl2N5O4/c1-30-19(29)25-7-10(8-25)26-9-12(16(27)11-3-2-4-23-17(11)26)18(28)24-15-13(20)5-22-6-14(15)21/h2-6,9-10H,7-8H2,1H3,(H,22,24,28). The number of fused-ring (bicyclic) bond motifs is 1. The molecule has 0 aromatic carbocycles. The Kier molecular flexibility index (Phi) is 5.31. The van der Waals surface area contributed by atoms with E-state index < -0.39 is 17.4 Å². The van der Waals surface area contributed by atoms with E-state index in [-0.39, 0.29) is 32.7 Å². The Labute approximate surface area is 180 Å². The van der Waals surface area contributed by atoms with Gasteiger partial charge in [0.2, 0.25) is 5.43 Å². The molecular weight excluding hydrogens is 433 g/mol. The number of halogens is 2. The normalized spacial score (nSPS) is 13.8. The molecule has 0 bridgehead atoms. The van der Waals surface area contributed by atoms with E-state index in [1.165, 1.54) is 30.6 Å². The molecule has 0 spiro atoms. The van der Waals surface area contributed by atoms with Crippen LogP contribution in [0.4, 0.5) is 10.5 Å². The fraction of sp³-hybridized carbons (Fsp3) is 0.211. The number of pyridine rings is 3. The first-order valence-corrected chi connectivity index (χ1v) is 9.59. The van der Waals surface area contributed by atoms with Gasteiger partial charge in [0.15, 0.2) is 0 Å². The van der Waals surface area contributed by atoms with Gasteiger partial charge in [0.25, 0.3) is 5.91 Å². The van der Waals surface area contributed by atoms with Crippen LogP contribution in [0.5, 0.6) is 0 Å². The van der Waals surface area contributed by atoms with E-state index in [0.717, 1.165) is 0 Å². The summed E-state index contributed by atoms with van der Waals surface area (Å²) >= 11 is 12.1. The van der Waals surface area contributed by atoms with Crippen molar-refractivity contribution in [2.75, 3.05) is 25.5 Å². The first-order valence-electron chi connectivity index (χ1n) is 8.83. The summed E-state index contributed by atoms with van der Waals surface area (Å²) in [6.07, 6.45) is 5.23. The highest BCUT2D eigenvalue weighted by Crippen LogP contribution is 2.29. The van der Waals surface area contributed by atoms with Crippen molar-refractivity contribution in [2.45, 2.75) is 6.04 Å². The zero-order chi connectivity index (χ0) is 21.4. The van der Waals surface area contributed by atoms with E-state index in [2.05, 4.69) is 15.3 Å². The fourth-order valence-corrected chi connectivity index (χ4v) is 3.70. The van der Waals surface area contributed by atoms with Gasteiger partial charge in [-0.2, -0.15) is 0 Å². The average molecular weight is 448 g/mol. The summed E-state index contributed by atoms with van der Waals surface area (Å²) in [4.78, 5) is 47.2. The number of methoxy groups -OCH3 is 1. The smallest absolute Gasteiger partial charge is 0.409 e. The molecule has 0 unspecified atom stereocenters. The molecule has 154 valence electrons. The van der Waals surface area contributed by atoms with Gasteiger partial charge in [0, 0.05) is 37.9 Å². The van der Waals surface area contributed by atoms with Gasteiger partial charge in [-0.1, -0.05) is 23.2 Å². The number of carbonyl (C=O) groups excluding carboxylic acids is 2. The van der Waals surface area contributed by atoms with E-state index in [1.807, 2.05) is 0 Å². The van der Waals surface area contributed by atoms with E-state index in [0.29, 0.717) is 18.7 Å². The predicted octanol–water partition coefficient (Wildman–Crippen LogP) is 2.97. The Morgan fingerprint density at radius 3 is 2.60 bits per heavy atom. The summed E-state index contributed by atoms with van der Waals surface area (Å²) in [6, 6.07) is 3.05. The number of amides is 2. The summed E-state index contributed by atoms with van der Waals surface area (Å²) in [7, 11) is 1.31. The molecule has 3 aromatic heterocycles. The second-order valence-electron chi connectivity index (χ2n) is 6.61. The molecule has 1 aliphatic heterocycles. The summed E-state index contributed by atoms with van der Waals surface area (Å²) in [5.74, 6) is -0.668. The topological polar surface area (TPSA) is 106 Å². The van der Waals surface area contributed by atoms with Crippen LogP contribution in [-0.4, -0.2) is 51.6 Å². The Balaban J connectivity index is 1.74. The van der Waals surface area contributed by atoms with Crippen molar-refractivity contribution in [2.24, 2.45) is 0 Å². The van der Waals surface area contributed by atoms with E-state index in [9.17, 15) is 14.4 Å². The minimum Gasteiger partial charge on any atom is -0.453 e. The quantitative estimate of drug-likeness (QED) is 0.661. The lowest BCUT2D eigenvalue weighted by Gasteiger charge is -2.39. The molecule has 1 fully saturated rings. The maximum absolute atomic E-state index is 13.0. The van der Waals surface area contributed by atoms with Crippen LogP contribution in [0.15, 0.2) is 41.7 Å². The van der Waals surface area contributed by atoms with Crippen LogP contribution in [0.25, 0.3) is 11.0 Å². The van der Waals surface area contributed by atoms with Crippen molar-refractivity contribution < 1.29 is 14.3 Å². The van der Waals surface area contributed by atoms with Crippen LogP contribution in [0.2, 0.25) is 10.0 Å². The molecule has 1 saturated heterocycles. The maximum atomic E-state index is 13.0. The molecule has 1 N–H and O–H groups in total. The number of hydrogen-bond acceptors (Lipinski definition) is 6. The number of carbonyl (C=O) groups is 2. The Hall–Kier alpha value is -3.17. The molecule has 2 amide bonds. The minimum absolute atomic E-state index is 0.101. The monoisotopic (exact) mass is 447 g/mol. The first kappa shape index (κ1) is 20.1. The van der Waals surface area contributed by atoms with Gasteiger partial charge in [0.05, 0.1) is 34.3 Å². The van der Waals surface area contributed by atoms with Crippen molar-refractivity contribution in [3.05, 3.63) is 62.8 Å². The van der Waals surface area contributed by atoms with Gasteiger partial charge in [-0.25, -0.2) is 9.78 Å². The number of nitrogens with zero attached hydrogens (tertiary/aromatic N) is 4. The second kappa shape index (κ2) is 7.92. The third kappa shape index (κ3) is 3.46. The summed E-state index contributed by atoms with van der Waals surface area (Å²) in [5, 5.41) is 3.15. The zero-order valence-corrected chi connectivity index (χ0v) is 17.1. The van der Waals surface area contributed by atoms with Crippen LogP contribution >= 0.6 is 23.2 Å². The van der Waals surface area contributed by atoms with E-state index in [4.69, 9.17) is 27.9 Å². The molecule has 9 nitrogen and oxygen atoms in total.